The van der Waals surface area contributed by atoms with Gasteiger partial charge in [-0.2, -0.15) is 0 Å². The van der Waals surface area contributed by atoms with E-state index in [0.29, 0.717) is 18.7 Å². The number of ether oxygens (including phenoxy) is 1. The molecule has 0 fully saturated rings. The van der Waals surface area contributed by atoms with Crippen LogP contribution in [0, 0.1) is 11.6 Å². The number of carbonyl (C=O) groups excluding carboxylic acids is 1. The summed E-state index contributed by atoms with van der Waals surface area (Å²) in [6, 6.07) is 1.02. The van der Waals surface area contributed by atoms with Crippen LogP contribution in [-0.2, 0) is 14.8 Å². The van der Waals surface area contributed by atoms with Crippen LogP contribution in [0.2, 0.25) is 0 Å². The third-order valence-electron chi connectivity index (χ3n) is 2.56. The van der Waals surface area contributed by atoms with Crippen LogP contribution in [0.4, 0.5) is 8.78 Å². The first-order chi connectivity index (χ1) is 9.66. The fourth-order valence-electron chi connectivity index (χ4n) is 1.61. The quantitative estimate of drug-likeness (QED) is 0.808. The molecule has 1 aromatic carbocycles. The number of nitrogens with one attached hydrogen (secondary N) is 1. The van der Waals surface area contributed by atoms with E-state index in [2.05, 4.69) is 5.32 Å². The van der Waals surface area contributed by atoms with E-state index in [4.69, 9.17) is 9.88 Å². The van der Waals surface area contributed by atoms with Crippen molar-refractivity contribution in [1.29, 1.82) is 0 Å². The summed E-state index contributed by atoms with van der Waals surface area (Å²) >= 11 is 0. The van der Waals surface area contributed by atoms with Crippen LogP contribution >= 0.6 is 0 Å². The molecule has 0 aliphatic carbocycles. The Hall–Kier alpha value is -1.58. The molecular formula is C12H16F2N2O4S. The van der Waals surface area contributed by atoms with Gasteiger partial charge in [0.1, 0.15) is 10.7 Å². The molecule has 0 saturated heterocycles. The first-order valence-corrected chi connectivity index (χ1v) is 7.63. The minimum atomic E-state index is -4.47. The second kappa shape index (κ2) is 6.92. The molecule has 1 aromatic rings. The number of rotatable bonds is 6. The summed E-state index contributed by atoms with van der Waals surface area (Å²) in [6.45, 7) is 3.94. The third-order valence-corrected chi connectivity index (χ3v) is 3.47. The number of hydrogen-bond donors (Lipinski definition) is 2. The number of benzene rings is 1. The van der Waals surface area contributed by atoms with Crippen molar-refractivity contribution in [2.24, 2.45) is 5.14 Å². The zero-order chi connectivity index (χ0) is 16.2. The lowest BCUT2D eigenvalue weighted by atomic mass is 10.2. The predicted octanol–water partition coefficient (Wildman–Crippen LogP) is 0.767. The molecule has 0 heterocycles. The van der Waals surface area contributed by atoms with E-state index in [1.807, 2.05) is 0 Å². The third kappa shape index (κ3) is 4.73. The van der Waals surface area contributed by atoms with Gasteiger partial charge in [0.2, 0.25) is 10.0 Å². The zero-order valence-electron chi connectivity index (χ0n) is 11.5. The summed E-state index contributed by atoms with van der Waals surface area (Å²) < 4.78 is 54.7. The van der Waals surface area contributed by atoms with Crippen molar-refractivity contribution in [1.82, 2.24) is 5.32 Å². The summed E-state index contributed by atoms with van der Waals surface area (Å²) in [5.41, 5.74) is -0.734. The number of amides is 1. The Morgan fingerprint density at radius 1 is 1.43 bits per heavy atom. The highest BCUT2D eigenvalue weighted by Gasteiger charge is 2.23. The smallest absolute Gasteiger partial charge is 0.254 e. The van der Waals surface area contributed by atoms with Crippen molar-refractivity contribution in [2.75, 3.05) is 13.2 Å². The first kappa shape index (κ1) is 17.5. The van der Waals surface area contributed by atoms with Crippen LogP contribution in [0.25, 0.3) is 0 Å². The van der Waals surface area contributed by atoms with Gasteiger partial charge in [-0.3, -0.25) is 4.79 Å². The molecule has 0 aliphatic heterocycles. The molecular weight excluding hydrogens is 306 g/mol. The van der Waals surface area contributed by atoms with E-state index in [9.17, 15) is 22.0 Å². The van der Waals surface area contributed by atoms with E-state index in [1.165, 1.54) is 0 Å². The maximum Gasteiger partial charge on any atom is 0.254 e. The normalized spacial score (nSPS) is 13.0. The van der Waals surface area contributed by atoms with Gasteiger partial charge in [0, 0.05) is 13.2 Å². The molecule has 0 saturated carbocycles. The van der Waals surface area contributed by atoms with Gasteiger partial charge >= 0.3 is 0 Å². The van der Waals surface area contributed by atoms with Crippen molar-refractivity contribution >= 4 is 15.9 Å². The standard InChI is InChI=1S/C12H16F2N2O4S/c1-3-20-7(2)6-16-12(17)9-4-8(13)5-10(11(9)14)21(15,18)19/h4-5,7H,3,6H2,1-2H3,(H,16,17)(H2,15,18,19). The summed E-state index contributed by atoms with van der Waals surface area (Å²) in [7, 11) is -4.47. The SMILES string of the molecule is CCOC(C)CNC(=O)c1cc(F)cc(S(N)(=O)=O)c1F. The second-order valence-corrected chi connectivity index (χ2v) is 5.82. The maximum absolute atomic E-state index is 14.0. The Bertz CT molecular complexity index is 634. The summed E-state index contributed by atoms with van der Waals surface area (Å²) in [5.74, 6) is -3.42. The van der Waals surface area contributed by atoms with Crippen LogP contribution < -0.4 is 10.5 Å². The predicted molar refractivity (Wildman–Crippen MR) is 71.2 cm³/mol. The lowest BCUT2D eigenvalue weighted by Gasteiger charge is -2.13. The van der Waals surface area contributed by atoms with Gasteiger partial charge in [0.05, 0.1) is 11.7 Å². The molecule has 0 aliphatic rings. The van der Waals surface area contributed by atoms with Crippen molar-refractivity contribution < 1.29 is 26.7 Å². The van der Waals surface area contributed by atoms with E-state index < -0.39 is 38.0 Å². The monoisotopic (exact) mass is 322 g/mol. The van der Waals surface area contributed by atoms with Crippen LogP contribution in [0.3, 0.4) is 0 Å². The van der Waals surface area contributed by atoms with Crippen LogP contribution in [0.5, 0.6) is 0 Å². The van der Waals surface area contributed by atoms with E-state index in [1.54, 1.807) is 13.8 Å². The van der Waals surface area contributed by atoms with Crippen LogP contribution in [0.15, 0.2) is 17.0 Å². The molecule has 9 heteroatoms. The van der Waals surface area contributed by atoms with Crippen molar-refractivity contribution in [3.63, 3.8) is 0 Å². The Balaban J connectivity index is 3.03. The van der Waals surface area contributed by atoms with Crippen molar-refractivity contribution in [3.05, 3.63) is 29.3 Å². The molecule has 3 N–H and O–H groups in total. The van der Waals surface area contributed by atoms with Gasteiger partial charge in [0.15, 0.2) is 5.82 Å². The molecule has 1 rings (SSSR count). The van der Waals surface area contributed by atoms with Gasteiger partial charge < -0.3 is 10.1 Å². The number of sulfonamides is 1. The average molecular weight is 322 g/mol. The van der Waals surface area contributed by atoms with E-state index in [0.717, 1.165) is 0 Å². The van der Waals surface area contributed by atoms with Crippen LogP contribution in [0.1, 0.15) is 24.2 Å². The number of hydrogen-bond acceptors (Lipinski definition) is 4. The fraction of sp³-hybridized carbons (Fsp3) is 0.417. The van der Waals surface area contributed by atoms with Gasteiger partial charge in [-0.05, 0) is 26.0 Å². The number of primary sulfonamides is 1. The minimum Gasteiger partial charge on any atom is -0.377 e. The molecule has 0 spiro atoms. The second-order valence-electron chi connectivity index (χ2n) is 4.29. The molecule has 118 valence electrons. The van der Waals surface area contributed by atoms with Crippen molar-refractivity contribution in [2.45, 2.75) is 24.8 Å². The molecule has 0 aromatic heterocycles. The highest BCUT2D eigenvalue weighted by molar-refractivity contribution is 7.89. The Labute approximate surface area is 121 Å². The van der Waals surface area contributed by atoms with Crippen LogP contribution in [-0.4, -0.2) is 33.6 Å². The summed E-state index contributed by atoms with van der Waals surface area (Å²) in [4.78, 5) is 10.7. The Kier molecular flexibility index (Phi) is 5.76. The fourth-order valence-corrected chi connectivity index (χ4v) is 2.25. The van der Waals surface area contributed by atoms with Gasteiger partial charge in [-0.1, -0.05) is 0 Å². The zero-order valence-corrected chi connectivity index (χ0v) is 12.3. The molecule has 21 heavy (non-hydrogen) atoms. The molecule has 0 radical (unpaired) electrons. The van der Waals surface area contributed by atoms with E-state index >= 15 is 0 Å². The Morgan fingerprint density at radius 3 is 2.57 bits per heavy atom. The van der Waals surface area contributed by atoms with Gasteiger partial charge in [-0.25, -0.2) is 22.3 Å². The molecule has 6 nitrogen and oxygen atoms in total. The lowest BCUT2D eigenvalue weighted by molar-refractivity contribution is 0.0693. The largest absolute Gasteiger partial charge is 0.377 e. The summed E-state index contributed by atoms with van der Waals surface area (Å²) in [6.07, 6.45) is -0.326. The highest BCUT2D eigenvalue weighted by atomic mass is 32.2. The molecule has 1 unspecified atom stereocenters. The first-order valence-electron chi connectivity index (χ1n) is 6.08. The molecule has 1 atom stereocenters. The maximum atomic E-state index is 14.0. The average Bonchev–Trinajstić information content (AvgIpc) is 2.37. The minimum absolute atomic E-state index is 0.0628. The lowest BCUT2D eigenvalue weighted by Crippen LogP contribution is -2.33. The number of halogens is 2. The number of nitrogens with two attached hydrogens (primary N) is 1. The Morgan fingerprint density at radius 2 is 2.05 bits per heavy atom. The molecule has 0 bridgehead atoms. The van der Waals surface area contributed by atoms with E-state index in [-0.39, 0.29) is 12.6 Å². The summed E-state index contributed by atoms with van der Waals surface area (Å²) in [5, 5.41) is 7.10. The molecule has 1 amide bonds. The van der Waals surface area contributed by atoms with Gasteiger partial charge in [0.25, 0.3) is 5.91 Å². The highest BCUT2D eigenvalue weighted by Crippen LogP contribution is 2.19. The number of carbonyl (C=O) groups is 1. The van der Waals surface area contributed by atoms with Gasteiger partial charge in [-0.15, -0.1) is 0 Å². The van der Waals surface area contributed by atoms with Crippen molar-refractivity contribution in [3.8, 4) is 0 Å². The topological polar surface area (TPSA) is 98.5 Å².